The van der Waals surface area contributed by atoms with Gasteiger partial charge in [0, 0.05) is 39.5 Å². The molecular weight excluding hydrogens is 236 g/mol. The van der Waals surface area contributed by atoms with Crippen molar-refractivity contribution < 1.29 is 14.3 Å². The minimum atomic E-state index is -0.0775. The van der Waals surface area contributed by atoms with Gasteiger partial charge in [-0.05, 0) is 6.07 Å². The number of aromatic nitrogens is 2. The third-order valence-electron chi connectivity index (χ3n) is 2.92. The molecule has 0 radical (unpaired) electrons. The van der Waals surface area contributed by atoms with Gasteiger partial charge < -0.3 is 14.5 Å². The van der Waals surface area contributed by atoms with Gasteiger partial charge in [-0.25, -0.2) is 0 Å². The Bertz CT molecular complexity index is 410. The van der Waals surface area contributed by atoms with Gasteiger partial charge in [0.25, 0.3) is 5.91 Å². The van der Waals surface area contributed by atoms with Gasteiger partial charge in [-0.2, -0.15) is 5.10 Å². The Labute approximate surface area is 105 Å². The summed E-state index contributed by atoms with van der Waals surface area (Å²) in [6.45, 7) is 2.25. The Balaban J connectivity index is 1.87. The average molecular weight is 252 g/mol. The lowest BCUT2D eigenvalue weighted by Gasteiger charge is -2.34. The summed E-state index contributed by atoms with van der Waals surface area (Å²) in [6.07, 6.45) is 1.55. The summed E-state index contributed by atoms with van der Waals surface area (Å²) in [4.78, 5) is 27.0. The van der Waals surface area contributed by atoms with E-state index in [9.17, 15) is 9.59 Å². The van der Waals surface area contributed by atoms with Gasteiger partial charge in [0.2, 0.25) is 5.91 Å². The summed E-state index contributed by atoms with van der Waals surface area (Å²) in [7, 11) is 1.50. The molecule has 0 spiro atoms. The SMILES string of the molecule is COCC(=O)N1CCN(C(=O)c2ccn[nH]2)CC1. The van der Waals surface area contributed by atoms with Crippen LogP contribution in [-0.2, 0) is 9.53 Å². The second-order valence-corrected chi connectivity index (χ2v) is 4.08. The number of methoxy groups -OCH3 is 1. The van der Waals surface area contributed by atoms with Crippen LogP contribution in [0.4, 0.5) is 0 Å². The van der Waals surface area contributed by atoms with Crippen LogP contribution in [0.3, 0.4) is 0 Å². The second-order valence-electron chi connectivity index (χ2n) is 4.08. The third kappa shape index (κ3) is 2.67. The van der Waals surface area contributed by atoms with Gasteiger partial charge in [0.15, 0.2) is 0 Å². The lowest BCUT2D eigenvalue weighted by atomic mass is 10.2. The van der Waals surface area contributed by atoms with Gasteiger partial charge in [-0.1, -0.05) is 0 Å². The molecule has 1 aromatic heterocycles. The maximum Gasteiger partial charge on any atom is 0.271 e. The number of ether oxygens (including phenoxy) is 1. The van der Waals surface area contributed by atoms with Crippen molar-refractivity contribution in [3.8, 4) is 0 Å². The van der Waals surface area contributed by atoms with Crippen LogP contribution < -0.4 is 0 Å². The molecule has 0 aromatic carbocycles. The number of carbonyl (C=O) groups is 2. The maximum atomic E-state index is 12.0. The number of aromatic amines is 1. The molecule has 0 bridgehead atoms. The molecule has 1 aliphatic rings. The molecule has 2 heterocycles. The van der Waals surface area contributed by atoms with Crippen molar-refractivity contribution in [3.63, 3.8) is 0 Å². The predicted molar refractivity (Wildman–Crippen MR) is 62.9 cm³/mol. The number of H-pyrrole nitrogens is 1. The van der Waals surface area contributed by atoms with E-state index in [2.05, 4.69) is 10.2 Å². The molecule has 1 aromatic rings. The maximum absolute atomic E-state index is 12.0. The van der Waals surface area contributed by atoms with Crippen LogP contribution in [0.1, 0.15) is 10.5 Å². The minimum Gasteiger partial charge on any atom is -0.375 e. The fourth-order valence-electron chi connectivity index (χ4n) is 1.92. The van der Waals surface area contributed by atoms with Crippen LogP contribution in [0, 0.1) is 0 Å². The third-order valence-corrected chi connectivity index (χ3v) is 2.92. The number of hydrogen-bond donors (Lipinski definition) is 1. The summed E-state index contributed by atoms with van der Waals surface area (Å²) in [5.74, 6) is -0.113. The molecule has 1 aliphatic heterocycles. The number of piperazine rings is 1. The zero-order valence-corrected chi connectivity index (χ0v) is 10.3. The standard InChI is InChI=1S/C11H16N4O3/c1-18-8-10(16)14-4-6-15(7-5-14)11(17)9-2-3-12-13-9/h2-3H,4-8H2,1H3,(H,12,13). The van der Waals surface area contributed by atoms with E-state index in [0.29, 0.717) is 31.9 Å². The fourth-order valence-corrected chi connectivity index (χ4v) is 1.92. The highest BCUT2D eigenvalue weighted by Crippen LogP contribution is 2.06. The monoisotopic (exact) mass is 252 g/mol. The van der Waals surface area contributed by atoms with E-state index in [1.807, 2.05) is 0 Å². The molecule has 2 amide bonds. The van der Waals surface area contributed by atoms with Gasteiger partial charge in [-0.3, -0.25) is 14.7 Å². The van der Waals surface area contributed by atoms with Crippen LogP contribution in [0.5, 0.6) is 0 Å². The van der Waals surface area contributed by atoms with Crippen molar-refractivity contribution in [2.75, 3.05) is 39.9 Å². The number of hydrogen-bond acceptors (Lipinski definition) is 4. The normalized spacial score (nSPS) is 15.8. The van der Waals surface area contributed by atoms with Crippen molar-refractivity contribution >= 4 is 11.8 Å². The minimum absolute atomic E-state index is 0.0360. The Morgan fingerprint density at radius 1 is 1.33 bits per heavy atom. The first-order valence-corrected chi connectivity index (χ1v) is 5.77. The molecule has 7 heteroatoms. The lowest BCUT2D eigenvalue weighted by Crippen LogP contribution is -2.51. The van der Waals surface area contributed by atoms with Crippen LogP contribution >= 0.6 is 0 Å². The molecule has 0 aliphatic carbocycles. The Kier molecular flexibility index (Phi) is 3.93. The number of nitrogens with one attached hydrogen (secondary N) is 1. The Morgan fingerprint density at radius 2 is 2.00 bits per heavy atom. The Morgan fingerprint density at radius 3 is 2.56 bits per heavy atom. The number of amides is 2. The van der Waals surface area contributed by atoms with Gasteiger partial charge in [0.1, 0.15) is 12.3 Å². The second kappa shape index (κ2) is 5.63. The first kappa shape index (κ1) is 12.6. The van der Waals surface area contributed by atoms with E-state index >= 15 is 0 Å². The topological polar surface area (TPSA) is 78.5 Å². The largest absolute Gasteiger partial charge is 0.375 e. The van der Waals surface area contributed by atoms with Crippen LogP contribution in [0.2, 0.25) is 0 Å². The number of carbonyl (C=O) groups excluding carboxylic acids is 2. The molecule has 98 valence electrons. The van der Waals surface area contributed by atoms with E-state index in [4.69, 9.17) is 4.74 Å². The summed E-state index contributed by atoms with van der Waals surface area (Å²) in [5.41, 5.74) is 0.478. The summed E-state index contributed by atoms with van der Waals surface area (Å²) in [6, 6.07) is 1.64. The molecule has 7 nitrogen and oxygen atoms in total. The van der Waals surface area contributed by atoms with Crippen molar-refractivity contribution in [1.82, 2.24) is 20.0 Å². The van der Waals surface area contributed by atoms with Crippen molar-refractivity contribution in [3.05, 3.63) is 18.0 Å². The molecule has 0 atom stereocenters. The van der Waals surface area contributed by atoms with E-state index in [-0.39, 0.29) is 18.4 Å². The van der Waals surface area contributed by atoms with Crippen LogP contribution in [0.15, 0.2) is 12.3 Å². The smallest absolute Gasteiger partial charge is 0.271 e. The molecule has 1 N–H and O–H groups in total. The van der Waals surface area contributed by atoms with Crippen LogP contribution in [-0.4, -0.2) is 71.7 Å². The summed E-state index contributed by atoms with van der Waals surface area (Å²) >= 11 is 0. The average Bonchev–Trinajstić information content (AvgIpc) is 2.92. The quantitative estimate of drug-likeness (QED) is 0.774. The highest BCUT2D eigenvalue weighted by Gasteiger charge is 2.25. The summed E-state index contributed by atoms with van der Waals surface area (Å²) < 4.78 is 4.81. The van der Waals surface area contributed by atoms with E-state index < -0.39 is 0 Å². The molecule has 2 rings (SSSR count). The van der Waals surface area contributed by atoms with E-state index in [1.165, 1.54) is 7.11 Å². The molecule has 0 unspecified atom stereocenters. The first-order valence-electron chi connectivity index (χ1n) is 5.77. The van der Waals surface area contributed by atoms with Gasteiger partial charge in [0.05, 0.1) is 0 Å². The predicted octanol–water partition coefficient (Wildman–Crippen LogP) is -0.659. The van der Waals surface area contributed by atoms with E-state index in [0.717, 1.165) is 0 Å². The molecule has 1 saturated heterocycles. The van der Waals surface area contributed by atoms with Crippen LogP contribution in [0.25, 0.3) is 0 Å². The number of nitrogens with zero attached hydrogens (tertiary/aromatic N) is 3. The molecular formula is C11H16N4O3. The highest BCUT2D eigenvalue weighted by molar-refractivity contribution is 5.92. The zero-order valence-electron chi connectivity index (χ0n) is 10.3. The van der Waals surface area contributed by atoms with Gasteiger partial charge in [-0.15, -0.1) is 0 Å². The molecule has 18 heavy (non-hydrogen) atoms. The van der Waals surface area contributed by atoms with E-state index in [1.54, 1.807) is 22.1 Å². The number of rotatable bonds is 3. The van der Waals surface area contributed by atoms with Crippen molar-refractivity contribution in [2.24, 2.45) is 0 Å². The van der Waals surface area contributed by atoms with Gasteiger partial charge >= 0.3 is 0 Å². The fraction of sp³-hybridized carbons (Fsp3) is 0.545. The van der Waals surface area contributed by atoms with Crippen molar-refractivity contribution in [1.29, 1.82) is 0 Å². The molecule has 1 fully saturated rings. The highest BCUT2D eigenvalue weighted by atomic mass is 16.5. The Hall–Kier alpha value is -1.89. The lowest BCUT2D eigenvalue weighted by molar-refractivity contribution is -0.136. The zero-order chi connectivity index (χ0) is 13.0. The summed E-state index contributed by atoms with van der Waals surface area (Å²) in [5, 5.41) is 6.40. The molecule has 0 saturated carbocycles. The first-order chi connectivity index (χ1) is 8.72. The van der Waals surface area contributed by atoms with Crippen molar-refractivity contribution in [2.45, 2.75) is 0 Å².